The van der Waals surface area contributed by atoms with Crippen LogP contribution in [0.5, 0.6) is 0 Å². The number of carbonyl (C=O) groups is 2. The molecule has 82 heavy (non-hydrogen) atoms. The average molecular weight is 1160 g/mol. The third-order valence-electron chi connectivity index (χ3n) is 16.7. The molecule has 482 valence electrons. The maximum atomic E-state index is 13.1. The third kappa shape index (κ3) is 49.0. The number of ether oxygens (including phenoxy) is 3. The van der Waals surface area contributed by atoms with Gasteiger partial charge < -0.3 is 45.1 Å². The number of aliphatic hydroxyl groups excluding tert-OH is 5. The molecule has 7 atom stereocenters. The largest absolute Gasteiger partial charge is 0.466 e. The smallest absolute Gasteiger partial charge is 0.305 e. The highest BCUT2D eigenvalue weighted by Crippen LogP contribution is 2.23. The molecule has 1 rings (SSSR count). The van der Waals surface area contributed by atoms with Crippen LogP contribution in [0.15, 0.2) is 36.5 Å². The third-order valence-corrected chi connectivity index (χ3v) is 16.7. The molecule has 6 N–H and O–H groups in total. The maximum absolute atomic E-state index is 13.1. The van der Waals surface area contributed by atoms with Gasteiger partial charge in [-0.3, -0.25) is 9.59 Å². The molecule has 0 aromatic rings. The number of rotatable bonds is 62. The van der Waals surface area contributed by atoms with E-state index in [4.69, 9.17) is 14.2 Å². The second-order valence-electron chi connectivity index (χ2n) is 24.6. The van der Waals surface area contributed by atoms with Crippen LogP contribution in [0.1, 0.15) is 341 Å². The minimum absolute atomic E-state index is 0.00922. The van der Waals surface area contributed by atoms with Crippen LogP contribution in [-0.2, 0) is 23.8 Å². The van der Waals surface area contributed by atoms with Crippen molar-refractivity contribution in [2.24, 2.45) is 0 Å². The minimum Gasteiger partial charge on any atom is -0.466 e. The van der Waals surface area contributed by atoms with Gasteiger partial charge in [0.2, 0.25) is 5.91 Å². The second-order valence-corrected chi connectivity index (χ2v) is 24.6. The van der Waals surface area contributed by atoms with E-state index in [9.17, 15) is 35.1 Å². The summed E-state index contributed by atoms with van der Waals surface area (Å²) < 4.78 is 16.7. The van der Waals surface area contributed by atoms with E-state index in [1.54, 1.807) is 6.08 Å². The average Bonchev–Trinajstić information content (AvgIpc) is 3.68. The Balaban J connectivity index is 2.00. The highest BCUT2D eigenvalue weighted by Gasteiger charge is 2.44. The molecule has 11 nitrogen and oxygen atoms in total. The van der Waals surface area contributed by atoms with Crippen LogP contribution >= 0.6 is 0 Å². The molecular weight excluding hydrogens is 1030 g/mol. The molecule has 11 heteroatoms. The van der Waals surface area contributed by atoms with Gasteiger partial charge in [-0.25, -0.2) is 0 Å². The molecular formula is C71H133NO10. The summed E-state index contributed by atoms with van der Waals surface area (Å²) in [4.78, 5) is 25.1. The van der Waals surface area contributed by atoms with E-state index in [-0.39, 0.29) is 18.5 Å². The highest BCUT2D eigenvalue weighted by molar-refractivity contribution is 5.76. The predicted octanol–water partition coefficient (Wildman–Crippen LogP) is 17.8. The van der Waals surface area contributed by atoms with E-state index in [1.165, 1.54) is 250 Å². The van der Waals surface area contributed by atoms with Gasteiger partial charge in [-0.2, -0.15) is 0 Å². The van der Waals surface area contributed by atoms with E-state index in [1.807, 2.05) is 6.08 Å². The van der Waals surface area contributed by atoms with Gasteiger partial charge in [0.1, 0.15) is 24.4 Å². The normalized spacial score (nSPS) is 18.4. The minimum atomic E-state index is -1.58. The lowest BCUT2D eigenvalue weighted by molar-refractivity contribution is -0.302. The molecule has 1 aliphatic rings. The summed E-state index contributed by atoms with van der Waals surface area (Å²) in [5.41, 5.74) is 0. The molecule has 0 bridgehead atoms. The number of unbranched alkanes of at least 4 members (excludes halogenated alkanes) is 44. The zero-order valence-corrected chi connectivity index (χ0v) is 53.5. The van der Waals surface area contributed by atoms with Crippen molar-refractivity contribution < 1.29 is 49.3 Å². The van der Waals surface area contributed by atoms with Crippen molar-refractivity contribution in [1.29, 1.82) is 0 Å². The van der Waals surface area contributed by atoms with Gasteiger partial charge in [-0.15, -0.1) is 0 Å². The summed E-state index contributed by atoms with van der Waals surface area (Å²) in [6.07, 6.45) is 67.0. The van der Waals surface area contributed by atoms with E-state index < -0.39 is 49.5 Å². The van der Waals surface area contributed by atoms with Crippen LogP contribution in [0.4, 0.5) is 0 Å². The molecule has 1 saturated heterocycles. The van der Waals surface area contributed by atoms with E-state index in [0.717, 1.165) is 64.2 Å². The van der Waals surface area contributed by atoms with E-state index in [2.05, 4.69) is 43.5 Å². The van der Waals surface area contributed by atoms with Crippen molar-refractivity contribution in [3.63, 3.8) is 0 Å². The molecule has 1 fully saturated rings. The van der Waals surface area contributed by atoms with Gasteiger partial charge in [-0.1, -0.05) is 307 Å². The van der Waals surface area contributed by atoms with Gasteiger partial charge in [-0.05, 0) is 57.8 Å². The van der Waals surface area contributed by atoms with Gasteiger partial charge in [0.15, 0.2) is 6.29 Å². The van der Waals surface area contributed by atoms with E-state index in [0.29, 0.717) is 19.4 Å². The lowest BCUT2D eigenvalue weighted by Crippen LogP contribution is -2.60. The molecule has 0 saturated carbocycles. The first-order valence-corrected chi connectivity index (χ1v) is 35.3. The van der Waals surface area contributed by atoms with Crippen LogP contribution < -0.4 is 5.32 Å². The molecule has 0 spiro atoms. The number of esters is 1. The Labute approximate surface area is 504 Å². The Bertz CT molecular complexity index is 1460. The first-order valence-electron chi connectivity index (χ1n) is 35.3. The number of aliphatic hydroxyl groups is 5. The Morgan fingerprint density at radius 3 is 1.21 bits per heavy atom. The lowest BCUT2D eigenvalue weighted by Gasteiger charge is -2.40. The first-order chi connectivity index (χ1) is 40.2. The molecule has 0 aliphatic carbocycles. The zero-order valence-electron chi connectivity index (χ0n) is 53.5. The second kappa shape index (κ2) is 60.6. The number of allylic oxidation sites excluding steroid dienone is 5. The Morgan fingerprint density at radius 1 is 0.439 bits per heavy atom. The fourth-order valence-electron chi connectivity index (χ4n) is 11.2. The van der Waals surface area contributed by atoms with Crippen LogP contribution in [-0.4, -0.2) is 100 Å². The summed E-state index contributed by atoms with van der Waals surface area (Å²) in [6, 6.07) is -0.833. The van der Waals surface area contributed by atoms with Crippen LogP contribution in [0, 0.1) is 0 Å². The fourth-order valence-corrected chi connectivity index (χ4v) is 11.2. The molecule has 7 unspecified atom stereocenters. The van der Waals surface area contributed by atoms with Gasteiger partial charge in [0.25, 0.3) is 0 Å². The standard InChI is InChI=1S/C71H133NO10/c1-3-5-7-9-11-13-15-16-31-34-38-41-45-49-53-57-64(74)63(62-81-71-70(79)69(78)68(77)65(61-73)82-71)72-66(75)58-54-50-46-42-39-35-32-29-27-25-23-21-19-17-18-20-22-24-26-28-30-33-36-40-44-48-52-56-60-80-67(76)59-55-51-47-43-37-14-12-10-8-6-4-2/h15-16,38,41,53,57,63-65,68-71,73-74,77-79H,3-14,17-37,39-40,42-52,54-56,58-62H2,1-2H3,(H,72,75)/b16-15+,41-38+,57-53+. The molecule has 0 aromatic carbocycles. The van der Waals surface area contributed by atoms with Crippen LogP contribution in [0.2, 0.25) is 0 Å². The summed E-state index contributed by atoms with van der Waals surface area (Å²) >= 11 is 0. The Kier molecular flexibility index (Phi) is 57.5. The van der Waals surface area contributed by atoms with Crippen molar-refractivity contribution in [1.82, 2.24) is 5.32 Å². The molecule has 1 amide bonds. The first kappa shape index (κ1) is 77.9. The van der Waals surface area contributed by atoms with Crippen LogP contribution in [0.25, 0.3) is 0 Å². The summed E-state index contributed by atoms with van der Waals surface area (Å²) in [7, 11) is 0. The number of carbonyl (C=O) groups excluding carboxylic acids is 2. The lowest BCUT2D eigenvalue weighted by atomic mass is 9.99. The van der Waals surface area contributed by atoms with Crippen molar-refractivity contribution in [3.8, 4) is 0 Å². The summed E-state index contributed by atoms with van der Waals surface area (Å²) in [5, 5.41) is 54.5. The zero-order chi connectivity index (χ0) is 59.5. The van der Waals surface area contributed by atoms with Crippen molar-refractivity contribution in [2.45, 2.75) is 384 Å². The SMILES string of the molecule is CCCCCCC/C=C/CC/C=C/CC/C=C/C(O)C(COC1OC(CO)C(O)C(O)C1O)NC(=O)CCCCCCCCCCCCCCCCCCCCCCCCCCCCCCOC(=O)CCCCCCCCCCCCC. The van der Waals surface area contributed by atoms with E-state index >= 15 is 0 Å². The van der Waals surface area contributed by atoms with Crippen molar-refractivity contribution >= 4 is 11.9 Å². The van der Waals surface area contributed by atoms with Crippen molar-refractivity contribution in [2.75, 3.05) is 19.8 Å². The monoisotopic (exact) mass is 1160 g/mol. The quantitative estimate of drug-likeness (QED) is 0.0195. The van der Waals surface area contributed by atoms with Gasteiger partial charge in [0.05, 0.1) is 32.0 Å². The molecule has 1 heterocycles. The van der Waals surface area contributed by atoms with Crippen LogP contribution in [0.3, 0.4) is 0 Å². The number of hydrogen-bond acceptors (Lipinski definition) is 10. The fraction of sp³-hybridized carbons (Fsp3) is 0.887. The molecule has 0 radical (unpaired) electrons. The predicted molar refractivity (Wildman–Crippen MR) is 343 cm³/mol. The summed E-state index contributed by atoms with van der Waals surface area (Å²) in [5.74, 6) is -0.182. The molecule has 0 aromatic heterocycles. The number of amides is 1. The van der Waals surface area contributed by atoms with Gasteiger partial charge >= 0.3 is 5.97 Å². The maximum Gasteiger partial charge on any atom is 0.305 e. The number of nitrogens with one attached hydrogen (secondary N) is 1. The Morgan fingerprint density at radius 2 is 0.793 bits per heavy atom. The topological polar surface area (TPSA) is 175 Å². The van der Waals surface area contributed by atoms with Crippen molar-refractivity contribution in [3.05, 3.63) is 36.5 Å². The Hall–Kier alpha value is -2.12. The summed E-state index contributed by atoms with van der Waals surface area (Å²) in [6.45, 7) is 4.34. The van der Waals surface area contributed by atoms with Gasteiger partial charge in [0, 0.05) is 12.8 Å². The highest BCUT2D eigenvalue weighted by atomic mass is 16.7. The molecule has 1 aliphatic heterocycles. The number of hydrogen-bond donors (Lipinski definition) is 6.